The first-order chi connectivity index (χ1) is 12.5. The fraction of sp³-hybridized carbons (Fsp3) is 0.429. The van der Waals surface area contributed by atoms with E-state index in [1.165, 1.54) is 0 Å². The zero-order chi connectivity index (χ0) is 18.9. The molecule has 0 atom stereocenters. The monoisotopic (exact) mass is 355 g/mol. The molecule has 1 heterocycles. The molecule has 0 saturated heterocycles. The number of pyridine rings is 1. The van der Waals surface area contributed by atoms with E-state index in [0.29, 0.717) is 11.4 Å². The van der Waals surface area contributed by atoms with Gasteiger partial charge in [-0.25, -0.2) is 4.98 Å². The van der Waals surface area contributed by atoms with Crippen LogP contribution in [0.25, 0.3) is 0 Å². The van der Waals surface area contributed by atoms with Crippen molar-refractivity contribution in [3.63, 3.8) is 0 Å². The van der Waals surface area contributed by atoms with Gasteiger partial charge in [-0.1, -0.05) is 26.0 Å². The Morgan fingerprint density at radius 1 is 1.15 bits per heavy atom. The molecule has 0 aliphatic rings. The second-order valence-corrected chi connectivity index (χ2v) is 6.51. The van der Waals surface area contributed by atoms with Crippen molar-refractivity contribution in [3.8, 4) is 5.75 Å². The zero-order valence-corrected chi connectivity index (χ0v) is 16.2. The van der Waals surface area contributed by atoms with E-state index < -0.39 is 0 Å². The average molecular weight is 355 g/mol. The largest absolute Gasteiger partial charge is 0.489 e. The smallest absolute Gasteiger partial charge is 0.254 e. The molecule has 1 aromatic heterocycles. The molecule has 26 heavy (non-hydrogen) atoms. The van der Waals surface area contributed by atoms with Crippen molar-refractivity contribution in [3.05, 3.63) is 48.2 Å². The molecular weight excluding hydrogens is 326 g/mol. The second kappa shape index (κ2) is 9.80. The molecule has 0 unspecified atom stereocenters. The molecule has 0 radical (unpaired) electrons. The minimum atomic E-state index is 0.0471. The molecule has 2 rings (SSSR count). The quantitative estimate of drug-likeness (QED) is 0.697. The van der Waals surface area contributed by atoms with Gasteiger partial charge in [0, 0.05) is 24.8 Å². The fourth-order valence-corrected chi connectivity index (χ4v) is 2.73. The highest BCUT2D eigenvalue weighted by atomic mass is 16.5. The molecule has 1 amide bonds. The maximum absolute atomic E-state index is 12.8. The fourth-order valence-electron chi connectivity index (χ4n) is 2.73. The summed E-state index contributed by atoms with van der Waals surface area (Å²) >= 11 is 0. The SMILES string of the molecule is CCCN(CCC)C(=O)c1ccnc(Nc2ccccc2OC(C)C)c1. The van der Waals surface area contributed by atoms with Crippen LogP contribution in [0.2, 0.25) is 0 Å². The van der Waals surface area contributed by atoms with E-state index in [9.17, 15) is 4.79 Å². The van der Waals surface area contributed by atoms with Gasteiger partial charge in [-0.3, -0.25) is 4.79 Å². The number of aromatic nitrogens is 1. The minimum absolute atomic E-state index is 0.0471. The highest BCUT2D eigenvalue weighted by molar-refractivity contribution is 5.95. The summed E-state index contributed by atoms with van der Waals surface area (Å²) in [5.74, 6) is 1.44. The van der Waals surface area contributed by atoms with Crippen LogP contribution in [0.15, 0.2) is 42.6 Å². The molecule has 0 saturated carbocycles. The molecule has 0 aliphatic carbocycles. The van der Waals surface area contributed by atoms with Gasteiger partial charge in [0.25, 0.3) is 5.91 Å². The normalized spacial score (nSPS) is 10.7. The predicted molar refractivity (Wildman–Crippen MR) is 106 cm³/mol. The van der Waals surface area contributed by atoms with Crippen LogP contribution in [0.5, 0.6) is 5.75 Å². The number of carbonyl (C=O) groups is 1. The maximum atomic E-state index is 12.8. The average Bonchev–Trinajstić information content (AvgIpc) is 2.62. The summed E-state index contributed by atoms with van der Waals surface area (Å²) in [7, 11) is 0. The van der Waals surface area contributed by atoms with Crippen molar-refractivity contribution in [1.82, 2.24) is 9.88 Å². The van der Waals surface area contributed by atoms with Crippen LogP contribution in [0.1, 0.15) is 50.9 Å². The standard InChI is InChI=1S/C21H29N3O2/c1-5-13-24(14-6-2)21(25)17-11-12-22-20(15-17)23-18-9-7-8-10-19(18)26-16(3)4/h7-12,15-16H,5-6,13-14H2,1-4H3,(H,22,23). The topological polar surface area (TPSA) is 54.5 Å². The number of nitrogens with zero attached hydrogens (tertiary/aromatic N) is 2. The number of para-hydroxylation sites is 2. The van der Waals surface area contributed by atoms with Crippen LogP contribution in [-0.2, 0) is 0 Å². The highest BCUT2D eigenvalue weighted by Gasteiger charge is 2.15. The predicted octanol–water partition coefficient (Wildman–Crippen LogP) is 4.87. The Morgan fingerprint density at radius 2 is 1.85 bits per heavy atom. The summed E-state index contributed by atoms with van der Waals surface area (Å²) < 4.78 is 5.83. The number of hydrogen-bond acceptors (Lipinski definition) is 4. The maximum Gasteiger partial charge on any atom is 0.254 e. The Kier molecular flexibility index (Phi) is 7.45. The summed E-state index contributed by atoms with van der Waals surface area (Å²) in [6, 6.07) is 11.3. The van der Waals surface area contributed by atoms with Gasteiger partial charge >= 0.3 is 0 Å². The van der Waals surface area contributed by atoms with Crippen LogP contribution in [0.3, 0.4) is 0 Å². The number of ether oxygens (including phenoxy) is 1. The molecule has 5 heteroatoms. The second-order valence-electron chi connectivity index (χ2n) is 6.51. The zero-order valence-electron chi connectivity index (χ0n) is 16.2. The first kappa shape index (κ1) is 19.8. The number of rotatable bonds is 9. The first-order valence-corrected chi connectivity index (χ1v) is 9.33. The van der Waals surface area contributed by atoms with Crippen LogP contribution in [-0.4, -0.2) is 35.0 Å². The van der Waals surface area contributed by atoms with Gasteiger partial charge in [0.2, 0.25) is 0 Å². The van der Waals surface area contributed by atoms with Gasteiger partial charge in [-0.05, 0) is 51.0 Å². The van der Waals surface area contributed by atoms with E-state index in [0.717, 1.165) is 37.4 Å². The lowest BCUT2D eigenvalue weighted by Gasteiger charge is -2.21. The molecular formula is C21H29N3O2. The lowest BCUT2D eigenvalue weighted by molar-refractivity contribution is 0.0755. The summed E-state index contributed by atoms with van der Waals surface area (Å²) in [6.45, 7) is 9.68. The third-order valence-electron chi connectivity index (χ3n) is 3.79. The van der Waals surface area contributed by atoms with Crippen molar-refractivity contribution in [1.29, 1.82) is 0 Å². The third-order valence-corrected chi connectivity index (χ3v) is 3.79. The summed E-state index contributed by atoms with van der Waals surface area (Å²) in [5.41, 5.74) is 1.48. The molecule has 1 N–H and O–H groups in total. The molecule has 2 aromatic rings. The van der Waals surface area contributed by atoms with Crippen molar-refractivity contribution in [2.75, 3.05) is 18.4 Å². The third kappa shape index (κ3) is 5.48. The van der Waals surface area contributed by atoms with E-state index in [1.807, 2.05) is 43.0 Å². The van der Waals surface area contributed by atoms with Gasteiger partial charge in [-0.2, -0.15) is 0 Å². The summed E-state index contributed by atoms with van der Waals surface area (Å²) in [5, 5.41) is 3.27. The summed E-state index contributed by atoms with van der Waals surface area (Å²) in [6.07, 6.45) is 3.64. The Morgan fingerprint density at radius 3 is 2.50 bits per heavy atom. The van der Waals surface area contributed by atoms with E-state index >= 15 is 0 Å². The number of benzene rings is 1. The molecule has 0 fully saturated rings. The lowest BCUT2D eigenvalue weighted by Crippen LogP contribution is -2.32. The Hall–Kier alpha value is -2.56. The van der Waals surface area contributed by atoms with Crippen LogP contribution < -0.4 is 10.1 Å². The minimum Gasteiger partial charge on any atom is -0.489 e. The molecule has 0 spiro atoms. The summed E-state index contributed by atoms with van der Waals surface area (Å²) in [4.78, 5) is 19.0. The number of hydrogen-bond donors (Lipinski definition) is 1. The number of anilines is 2. The van der Waals surface area contributed by atoms with Crippen molar-refractivity contribution >= 4 is 17.4 Å². The van der Waals surface area contributed by atoms with Crippen LogP contribution in [0.4, 0.5) is 11.5 Å². The molecule has 0 aliphatic heterocycles. The van der Waals surface area contributed by atoms with Crippen LogP contribution >= 0.6 is 0 Å². The van der Waals surface area contributed by atoms with Gasteiger partial charge in [0.05, 0.1) is 11.8 Å². The molecule has 0 bridgehead atoms. The first-order valence-electron chi connectivity index (χ1n) is 9.33. The number of amides is 1. The van der Waals surface area contributed by atoms with Gasteiger partial charge in [-0.15, -0.1) is 0 Å². The van der Waals surface area contributed by atoms with Crippen molar-refractivity contribution in [2.24, 2.45) is 0 Å². The lowest BCUT2D eigenvalue weighted by atomic mass is 10.2. The van der Waals surface area contributed by atoms with Crippen molar-refractivity contribution in [2.45, 2.75) is 46.6 Å². The Bertz CT molecular complexity index is 710. The highest BCUT2D eigenvalue weighted by Crippen LogP contribution is 2.27. The van der Waals surface area contributed by atoms with Gasteiger partial charge in [0.1, 0.15) is 11.6 Å². The van der Waals surface area contributed by atoms with Crippen LogP contribution in [0, 0.1) is 0 Å². The van der Waals surface area contributed by atoms with E-state index in [4.69, 9.17) is 4.74 Å². The Labute approximate surface area is 156 Å². The van der Waals surface area contributed by atoms with E-state index in [2.05, 4.69) is 24.1 Å². The molecule has 140 valence electrons. The van der Waals surface area contributed by atoms with Gasteiger partial charge in [0.15, 0.2) is 0 Å². The number of nitrogens with one attached hydrogen (secondary N) is 1. The van der Waals surface area contributed by atoms with E-state index in [-0.39, 0.29) is 12.0 Å². The van der Waals surface area contributed by atoms with Gasteiger partial charge < -0.3 is 15.0 Å². The number of carbonyl (C=O) groups excluding carboxylic acids is 1. The Balaban J connectivity index is 2.20. The van der Waals surface area contributed by atoms with Crippen molar-refractivity contribution < 1.29 is 9.53 Å². The molecule has 1 aromatic carbocycles. The van der Waals surface area contributed by atoms with E-state index in [1.54, 1.807) is 18.3 Å². The molecule has 5 nitrogen and oxygen atoms in total.